The molecule has 2 aromatic heterocycles. The molecule has 3 heterocycles. The van der Waals surface area contributed by atoms with Crippen molar-refractivity contribution in [1.29, 1.82) is 0 Å². The Morgan fingerprint density at radius 1 is 1.39 bits per heavy atom. The highest BCUT2D eigenvalue weighted by molar-refractivity contribution is 5.30. The Balaban J connectivity index is 1.65. The van der Waals surface area contributed by atoms with Crippen LogP contribution in [-0.4, -0.2) is 41.4 Å². The van der Waals surface area contributed by atoms with Crippen LogP contribution in [-0.2, 0) is 13.6 Å². The second-order valence-electron chi connectivity index (χ2n) is 6.10. The summed E-state index contributed by atoms with van der Waals surface area (Å²) < 4.78 is 12.9. The summed E-state index contributed by atoms with van der Waals surface area (Å²) in [7, 11) is 3.60. The Morgan fingerprint density at radius 2 is 2.17 bits per heavy atom. The normalized spacial score (nSPS) is 16.8. The van der Waals surface area contributed by atoms with Gasteiger partial charge in [0.05, 0.1) is 30.7 Å². The predicted molar refractivity (Wildman–Crippen MR) is 88.5 cm³/mol. The van der Waals surface area contributed by atoms with Crippen molar-refractivity contribution in [2.45, 2.75) is 32.4 Å². The van der Waals surface area contributed by atoms with E-state index in [1.54, 1.807) is 18.1 Å². The summed E-state index contributed by atoms with van der Waals surface area (Å²) in [5.74, 6) is 1.86. The average Bonchev–Trinajstić information content (AvgIpc) is 3.26. The van der Waals surface area contributed by atoms with E-state index in [1.165, 1.54) is 12.8 Å². The van der Waals surface area contributed by atoms with Gasteiger partial charge in [0.2, 0.25) is 5.88 Å². The van der Waals surface area contributed by atoms with Gasteiger partial charge >= 0.3 is 0 Å². The maximum Gasteiger partial charge on any atom is 0.216 e. The van der Waals surface area contributed by atoms with Crippen LogP contribution in [0, 0.1) is 6.92 Å². The van der Waals surface area contributed by atoms with E-state index in [0.717, 1.165) is 49.1 Å². The quantitative estimate of drug-likeness (QED) is 0.848. The van der Waals surface area contributed by atoms with E-state index in [9.17, 15) is 0 Å². The fourth-order valence-electron chi connectivity index (χ4n) is 3.42. The molecular formula is C17H26N4O2. The fourth-order valence-corrected chi connectivity index (χ4v) is 3.42. The number of rotatable bonds is 7. The maximum atomic E-state index is 5.66. The van der Waals surface area contributed by atoms with Crippen LogP contribution in [0.4, 0.5) is 0 Å². The molecule has 0 bridgehead atoms. The lowest BCUT2D eigenvalue weighted by molar-refractivity contribution is 0.209. The average molecular weight is 318 g/mol. The smallest absolute Gasteiger partial charge is 0.216 e. The zero-order valence-electron chi connectivity index (χ0n) is 14.2. The van der Waals surface area contributed by atoms with Crippen molar-refractivity contribution in [2.75, 3.05) is 26.7 Å². The summed E-state index contributed by atoms with van der Waals surface area (Å²) in [6, 6.07) is 4.32. The molecule has 0 amide bonds. The molecule has 0 radical (unpaired) electrons. The molecule has 23 heavy (non-hydrogen) atoms. The third kappa shape index (κ3) is 3.43. The number of likely N-dealkylation sites (tertiary alicyclic amines) is 1. The summed E-state index contributed by atoms with van der Waals surface area (Å²) in [6.45, 7) is 5.90. The monoisotopic (exact) mass is 318 g/mol. The molecule has 0 spiro atoms. The van der Waals surface area contributed by atoms with Crippen LogP contribution in [0.25, 0.3) is 0 Å². The highest BCUT2D eigenvalue weighted by Gasteiger charge is 2.25. The molecule has 0 aliphatic carbocycles. The number of aryl methyl sites for hydroxylation is 2. The molecule has 0 saturated carbocycles. The molecule has 0 unspecified atom stereocenters. The van der Waals surface area contributed by atoms with Crippen molar-refractivity contribution in [3.05, 3.63) is 35.4 Å². The van der Waals surface area contributed by atoms with Crippen LogP contribution in [0.3, 0.4) is 0 Å². The van der Waals surface area contributed by atoms with Gasteiger partial charge in [-0.2, -0.15) is 5.10 Å². The Bertz CT molecular complexity index is 615. The molecule has 1 fully saturated rings. The number of nitrogens with zero attached hydrogens (tertiary/aromatic N) is 3. The molecule has 1 aliphatic heterocycles. The molecule has 2 aromatic rings. The van der Waals surface area contributed by atoms with Crippen molar-refractivity contribution in [2.24, 2.45) is 7.05 Å². The van der Waals surface area contributed by atoms with Gasteiger partial charge in [-0.15, -0.1) is 0 Å². The number of hydrogen-bond donors (Lipinski definition) is 1. The Morgan fingerprint density at radius 3 is 2.83 bits per heavy atom. The number of hydrogen-bond acceptors (Lipinski definition) is 5. The number of methoxy groups -OCH3 is 1. The molecule has 0 aromatic carbocycles. The standard InChI is InChI=1S/C17H26N4O2/c1-13-14(17(22-3)20(2)19-13)11-18-12-15(16-7-6-10-23-16)21-8-4-5-9-21/h6-7,10,15,18H,4-5,8-9,11-12H2,1-3H3/t15-/m1/s1. The van der Waals surface area contributed by atoms with Crippen molar-refractivity contribution in [3.8, 4) is 5.88 Å². The van der Waals surface area contributed by atoms with Crippen molar-refractivity contribution < 1.29 is 9.15 Å². The van der Waals surface area contributed by atoms with Gasteiger partial charge in [0.15, 0.2) is 0 Å². The summed E-state index contributed by atoms with van der Waals surface area (Å²) in [4.78, 5) is 2.50. The van der Waals surface area contributed by atoms with Crippen LogP contribution < -0.4 is 10.1 Å². The van der Waals surface area contributed by atoms with Gasteiger partial charge in [-0.3, -0.25) is 4.90 Å². The van der Waals surface area contributed by atoms with Gasteiger partial charge in [-0.25, -0.2) is 4.68 Å². The van der Waals surface area contributed by atoms with Crippen molar-refractivity contribution in [1.82, 2.24) is 20.0 Å². The second-order valence-corrected chi connectivity index (χ2v) is 6.10. The Kier molecular flexibility index (Phi) is 5.03. The number of nitrogens with one attached hydrogen (secondary N) is 1. The van der Waals surface area contributed by atoms with Crippen LogP contribution in [0.15, 0.2) is 22.8 Å². The summed E-state index contributed by atoms with van der Waals surface area (Å²) >= 11 is 0. The molecule has 6 heteroatoms. The zero-order valence-corrected chi connectivity index (χ0v) is 14.2. The van der Waals surface area contributed by atoms with E-state index >= 15 is 0 Å². The van der Waals surface area contributed by atoms with E-state index in [1.807, 2.05) is 20.0 Å². The van der Waals surface area contributed by atoms with Gasteiger partial charge in [0, 0.05) is 20.1 Å². The molecule has 126 valence electrons. The molecule has 6 nitrogen and oxygen atoms in total. The Hall–Kier alpha value is -1.79. The SMILES string of the molecule is COc1c(CNC[C@H](c2ccco2)N2CCCC2)c(C)nn1C. The predicted octanol–water partition coefficient (Wildman–Crippen LogP) is 2.26. The molecule has 1 saturated heterocycles. The van der Waals surface area contributed by atoms with E-state index in [4.69, 9.17) is 9.15 Å². The Labute approximate surface area is 137 Å². The third-order valence-corrected chi connectivity index (χ3v) is 4.57. The number of aromatic nitrogens is 2. The van der Waals surface area contributed by atoms with Crippen molar-refractivity contribution >= 4 is 0 Å². The van der Waals surface area contributed by atoms with Crippen LogP contribution in [0.1, 0.15) is 35.9 Å². The summed E-state index contributed by atoms with van der Waals surface area (Å²) in [6.07, 6.45) is 4.30. The minimum atomic E-state index is 0.287. The lowest BCUT2D eigenvalue weighted by atomic mass is 10.2. The first kappa shape index (κ1) is 16.1. The van der Waals surface area contributed by atoms with Gasteiger partial charge in [-0.05, 0) is 45.0 Å². The van der Waals surface area contributed by atoms with Gasteiger partial charge < -0.3 is 14.5 Å². The van der Waals surface area contributed by atoms with E-state index in [2.05, 4.69) is 21.4 Å². The second kappa shape index (κ2) is 7.19. The topological polar surface area (TPSA) is 55.5 Å². The van der Waals surface area contributed by atoms with Gasteiger partial charge in [0.25, 0.3) is 0 Å². The van der Waals surface area contributed by atoms with E-state index in [-0.39, 0.29) is 6.04 Å². The summed E-state index contributed by atoms with van der Waals surface area (Å²) in [5.41, 5.74) is 2.13. The zero-order chi connectivity index (χ0) is 16.2. The van der Waals surface area contributed by atoms with Crippen molar-refractivity contribution in [3.63, 3.8) is 0 Å². The highest BCUT2D eigenvalue weighted by Crippen LogP contribution is 2.26. The molecule has 1 atom stereocenters. The van der Waals surface area contributed by atoms with Crippen LogP contribution in [0.2, 0.25) is 0 Å². The molecule has 1 N–H and O–H groups in total. The largest absolute Gasteiger partial charge is 0.481 e. The minimum Gasteiger partial charge on any atom is -0.481 e. The third-order valence-electron chi connectivity index (χ3n) is 4.57. The first-order valence-corrected chi connectivity index (χ1v) is 8.25. The van der Waals surface area contributed by atoms with Crippen LogP contribution >= 0.6 is 0 Å². The number of furan rings is 1. The molecule has 3 rings (SSSR count). The minimum absolute atomic E-state index is 0.287. The molecule has 1 aliphatic rings. The van der Waals surface area contributed by atoms with Gasteiger partial charge in [0.1, 0.15) is 5.76 Å². The maximum absolute atomic E-state index is 5.66. The number of ether oxygens (including phenoxy) is 1. The molecular weight excluding hydrogens is 292 g/mol. The van der Waals surface area contributed by atoms with Crippen LogP contribution in [0.5, 0.6) is 5.88 Å². The van der Waals surface area contributed by atoms with E-state index in [0.29, 0.717) is 0 Å². The highest BCUT2D eigenvalue weighted by atomic mass is 16.5. The lowest BCUT2D eigenvalue weighted by Crippen LogP contribution is -2.33. The fraction of sp³-hybridized carbons (Fsp3) is 0.588. The lowest BCUT2D eigenvalue weighted by Gasteiger charge is -2.26. The first-order valence-electron chi connectivity index (χ1n) is 8.25. The summed E-state index contributed by atoms with van der Waals surface area (Å²) in [5, 5.41) is 7.99. The van der Waals surface area contributed by atoms with Gasteiger partial charge in [-0.1, -0.05) is 0 Å². The first-order chi connectivity index (χ1) is 11.2. The van der Waals surface area contributed by atoms with E-state index < -0.39 is 0 Å².